The van der Waals surface area contributed by atoms with Crippen LogP contribution in [0.3, 0.4) is 0 Å². The molecule has 0 spiro atoms. The lowest BCUT2D eigenvalue weighted by Crippen LogP contribution is -2.04. The molecule has 0 saturated heterocycles. The number of carbonyl (C=O) groups excluding carboxylic acids is 1. The van der Waals surface area contributed by atoms with E-state index in [4.69, 9.17) is 9.15 Å². The standard InChI is InChI=1S/C18H20N4O3/c1-10-11(2)16(24-5)7-6-14(10)18-20-15(13(4)25-18)8-22-9-19-17(21-22)12(3)23/h6-7,9H,8H2,1-5H3. The van der Waals surface area contributed by atoms with Crippen molar-refractivity contribution in [3.05, 3.63) is 46.9 Å². The molecule has 2 heterocycles. The Morgan fingerprint density at radius 1 is 1.24 bits per heavy atom. The van der Waals surface area contributed by atoms with Gasteiger partial charge in [-0.2, -0.15) is 0 Å². The molecule has 0 N–H and O–H groups in total. The van der Waals surface area contributed by atoms with Crippen LogP contribution in [0.25, 0.3) is 11.5 Å². The third-order valence-corrected chi connectivity index (χ3v) is 4.24. The number of Topliss-reactive ketones (excluding diaryl/α,β-unsaturated/α-hetero) is 1. The third kappa shape index (κ3) is 3.17. The maximum absolute atomic E-state index is 11.3. The second-order valence-corrected chi connectivity index (χ2v) is 5.91. The summed E-state index contributed by atoms with van der Waals surface area (Å²) in [5, 5.41) is 4.14. The topological polar surface area (TPSA) is 83.0 Å². The van der Waals surface area contributed by atoms with Crippen LogP contribution in [0.15, 0.2) is 22.9 Å². The van der Waals surface area contributed by atoms with Gasteiger partial charge in [0.2, 0.25) is 11.7 Å². The quantitative estimate of drug-likeness (QED) is 0.664. The van der Waals surface area contributed by atoms with Crippen LogP contribution in [0, 0.1) is 20.8 Å². The Kier molecular flexibility index (Phi) is 4.39. The molecule has 3 rings (SSSR count). The summed E-state index contributed by atoms with van der Waals surface area (Å²) in [7, 11) is 1.66. The lowest BCUT2D eigenvalue weighted by atomic mass is 10.0. The zero-order valence-corrected chi connectivity index (χ0v) is 15.0. The fraction of sp³-hybridized carbons (Fsp3) is 0.333. The molecule has 0 fully saturated rings. The summed E-state index contributed by atoms with van der Waals surface area (Å²) in [6.45, 7) is 7.72. The van der Waals surface area contributed by atoms with Gasteiger partial charge >= 0.3 is 0 Å². The molecule has 3 aromatic rings. The lowest BCUT2D eigenvalue weighted by molar-refractivity contribution is 0.100. The third-order valence-electron chi connectivity index (χ3n) is 4.24. The Labute approximate surface area is 145 Å². The highest BCUT2D eigenvalue weighted by molar-refractivity contribution is 5.89. The Morgan fingerprint density at radius 2 is 2.00 bits per heavy atom. The van der Waals surface area contributed by atoms with Gasteiger partial charge in [-0.3, -0.25) is 4.79 Å². The van der Waals surface area contributed by atoms with Crippen LogP contribution >= 0.6 is 0 Å². The molecule has 0 unspecified atom stereocenters. The average Bonchev–Trinajstić information content (AvgIpc) is 3.18. The van der Waals surface area contributed by atoms with Crippen LogP contribution in [0.5, 0.6) is 5.75 Å². The maximum Gasteiger partial charge on any atom is 0.226 e. The lowest BCUT2D eigenvalue weighted by Gasteiger charge is -2.10. The zero-order chi connectivity index (χ0) is 18.1. The van der Waals surface area contributed by atoms with Crippen LogP contribution in [-0.2, 0) is 6.54 Å². The molecule has 0 bridgehead atoms. The fourth-order valence-electron chi connectivity index (χ4n) is 2.62. The molecule has 25 heavy (non-hydrogen) atoms. The SMILES string of the molecule is COc1ccc(-c2nc(Cn3cnc(C(C)=O)n3)c(C)o2)c(C)c1C. The largest absolute Gasteiger partial charge is 0.496 e. The number of aryl methyl sites for hydroxylation is 1. The van der Waals surface area contributed by atoms with Gasteiger partial charge in [0, 0.05) is 12.5 Å². The number of nitrogens with zero attached hydrogens (tertiary/aromatic N) is 4. The molecule has 0 amide bonds. The van der Waals surface area contributed by atoms with Crippen molar-refractivity contribution in [2.75, 3.05) is 7.11 Å². The van der Waals surface area contributed by atoms with Gasteiger partial charge < -0.3 is 9.15 Å². The summed E-state index contributed by atoms with van der Waals surface area (Å²) in [6, 6.07) is 3.85. The first-order valence-corrected chi connectivity index (χ1v) is 7.92. The molecule has 7 nitrogen and oxygen atoms in total. The zero-order valence-electron chi connectivity index (χ0n) is 15.0. The monoisotopic (exact) mass is 340 g/mol. The van der Waals surface area contributed by atoms with Gasteiger partial charge in [0.05, 0.1) is 13.7 Å². The van der Waals surface area contributed by atoms with Gasteiger partial charge in [-0.05, 0) is 44.0 Å². The second-order valence-electron chi connectivity index (χ2n) is 5.91. The Bertz CT molecular complexity index is 940. The first-order valence-electron chi connectivity index (χ1n) is 7.92. The second kappa shape index (κ2) is 6.51. The summed E-state index contributed by atoms with van der Waals surface area (Å²) < 4.78 is 12.8. The Hall–Kier alpha value is -2.96. The van der Waals surface area contributed by atoms with Crippen molar-refractivity contribution in [3.63, 3.8) is 0 Å². The molecule has 130 valence electrons. The van der Waals surface area contributed by atoms with Crippen LogP contribution in [0.1, 0.15) is 40.1 Å². The molecule has 0 atom stereocenters. The summed E-state index contributed by atoms with van der Waals surface area (Å²) in [6.07, 6.45) is 1.52. The minimum absolute atomic E-state index is 0.166. The summed E-state index contributed by atoms with van der Waals surface area (Å²) in [5.41, 5.74) is 3.80. The van der Waals surface area contributed by atoms with Gasteiger partial charge in [-0.1, -0.05) is 0 Å². The predicted octanol–water partition coefficient (Wildman–Crippen LogP) is 3.12. The average molecular weight is 340 g/mol. The minimum Gasteiger partial charge on any atom is -0.496 e. The van der Waals surface area contributed by atoms with Crippen molar-refractivity contribution in [1.29, 1.82) is 0 Å². The van der Waals surface area contributed by atoms with E-state index in [1.807, 2.05) is 32.9 Å². The van der Waals surface area contributed by atoms with E-state index in [9.17, 15) is 4.79 Å². The molecular weight excluding hydrogens is 320 g/mol. The van der Waals surface area contributed by atoms with Crippen molar-refractivity contribution in [3.8, 4) is 17.2 Å². The van der Waals surface area contributed by atoms with E-state index in [0.717, 1.165) is 28.1 Å². The molecule has 7 heteroatoms. The van der Waals surface area contributed by atoms with E-state index in [-0.39, 0.29) is 11.6 Å². The predicted molar refractivity (Wildman–Crippen MR) is 91.8 cm³/mol. The van der Waals surface area contributed by atoms with Gasteiger partial charge in [0.1, 0.15) is 23.5 Å². The first kappa shape index (κ1) is 16.9. The number of hydrogen-bond acceptors (Lipinski definition) is 6. The normalized spacial score (nSPS) is 10.9. The number of oxazole rings is 1. The van der Waals surface area contributed by atoms with Gasteiger partial charge in [-0.15, -0.1) is 5.10 Å². The van der Waals surface area contributed by atoms with Crippen LogP contribution in [0.4, 0.5) is 0 Å². The van der Waals surface area contributed by atoms with Crippen LogP contribution in [-0.4, -0.2) is 32.6 Å². The van der Waals surface area contributed by atoms with Gasteiger partial charge in [0.15, 0.2) is 5.78 Å². The molecule has 0 saturated carbocycles. The van der Waals surface area contributed by atoms with E-state index in [0.29, 0.717) is 18.2 Å². The first-order chi connectivity index (χ1) is 11.9. The van der Waals surface area contributed by atoms with E-state index >= 15 is 0 Å². The number of ketones is 1. The van der Waals surface area contributed by atoms with E-state index in [1.165, 1.54) is 13.3 Å². The van der Waals surface area contributed by atoms with Crippen molar-refractivity contribution in [2.24, 2.45) is 0 Å². The molecule has 2 aromatic heterocycles. The van der Waals surface area contributed by atoms with Crippen molar-refractivity contribution in [1.82, 2.24) is 19.7 Å². The number of hydrogen-bond donors (Lipinski definition) is 0. The molecule has 0 aliphatic carbocycles. The highest BCUT2D eigenvalue weighted by Gasteiger charge is 2.17. The number of ether oxygens (including phenoxy) is 1. The summed E-state index contributed by atoms with van der Waals surface area (Å²) in [4.78, 5) is 19.9. The van der Waals surface area contributed by atoms with Crippen LogP contribution in [0.2, 0.25) is 0 Å². The van der Waals surface area contributed by atoms with E-state index in [2.05, 4.69) is 15.1 Å². The number of benzene rings is 1. The molecule has 1 aromatic carbocycles. The number of rotatable bonds is 5. The number of carbonyl (C=O) groups is 1. The van der Waals surface area contributed by atoms with Gasteiger partial charge in [0.25, 0.3) is 0 Å². The summed E-state index contributed by atoms with van der Waals surface area (Å²) in [5.74, 6) is 2.14. The maximum atomic E-state index is 11.3. The van der Waals surface area contributed by atoms with Crippen molar-refractivity contribution < 1.29 is 13.9 Å². The Balaban J connectivity index is 1.92. The molecular formula is C18H20N4O3. The van der Waals surface area contributed by atoms with E-state index < -0.39 is 0 Å². The minimum atomic E-state index is -0.166. The fourth-order valence-corrected chi connectivity index (χ4v) is 2.62. The summed E-state index contributed by atoms with van der Waals surface area (Å²) >= 11 is 0. The highest BCUT2D eigenvalue weighted by atomic mass is 16.5. The van der Waals surface area contributed by atoms with E-state index in [1.54, 1.807) is 11.8 Å². The Morgan fingerprint density at radius 3 is 2.64 bits per heavy atom. The van der Waals surface area contributed by atoms with Crippen molar-refractivity contribution in [2.45, 2.75) is 34.2 Å². The highest BCUT2D eigenvalue weighted by Crippen LogP contribution is 2.31. The smallest absolute Gasteiger partial charge is 0.226 e. The molecule has 0 aliphatic rings. The van der Waals surface area contributed by atoms with Crippen LogP contribution < -0.4 is 4.74 Å². The molecule has 0 radical (unpaired) electrons. The molecule has 0 aliphatic heterocycles. The van der Waals surface area contributed by atoms with Crippen molar-refractivity contribution >= 4 is 5.78 Å². The number of aromatic nitrogens is 4. The van der Waals surface area contributed by atoms with Gasteiger partial charge in [-0.25, -0.2) is 14.6 Å². The number of methoxy groups -OCH3 is 1.